The van der Waals surface area contributed by atoms with Crippen molar-refractivity contribution in [2.75, 3.05) is 20.7 Å². The van der Waals surface area contributed by atoms with Crippen LogP contribution in [0.2, 0.25) is 5.02 Å². The number of methoxy groups -OCH3 is 1. The van der Waals surface area contributed by atoms with Crippen LogP contribution in [-0.4, -0.2) is 49.3 Å². The standard InChI is InChI=1S/C18H27ClN2O4/c1-12(13-9-7-8-10-14(13)19)21(5)15(16(22)24-6)11-20-17(23)25-18(2,3)4/h7-10,12,15H,11H2,1-6H3,(H,20,23). The number of likely N-dealkylation sites (N-methyl/N-ethyl adjacent to an activating group) is 1. The molecule has 7 heteroatoms. The molecule has 0 saturated heterocycles. The summed E-state index contributed by atoms with van der Waals surface area (Å²) in [6, 6.07) is 6.60. The molecule has 0 aromatic heterocycles. The average Bonchev–Trinajstić information content (AvgIpc) is 2.52. The second-order valence-corrected chi connectivity index (χ2v) is 7.19. The monoisotopic (exact) mass is 370 g/mol. The van der Waals surface area contributed by atoms with Crippen molar-refractivity contribution in [1.82, 2.24) is 10.2 Å². The summed E-state index contributed by atoms with van der Waals surface area (Å²) < 4.78 is 10.1. The number of ether oxygens (including phenoxy) is 2. The molecular weight excluding hydrogens is 344 g/mol. The second kappa shape index (κ2) is 9.06. The number of carbonyl (C=O) groups excluding carboxylic acids is 2. The fourth-order valence-electron chi connectivity index (χ4n) is 2.33. The lowest BCUT2D eigenvalue weighted by molar-refractivity contribution is -0.147. The molecule has 25 heavy (non-hydrogen) atoms. The highest BCUT2D eigenvalue weighted by atomic mass is 35.5. The molecule has 0 spiro atoms. The summed E-state index contributed by atoms with van der Waals surface area (Å²) in [6.45, 7) is 7.32. The van der Waals surface area contributed by atoms with Crippen LogP contribution in [0.5, 0.6) is 0 Å². The molecule has 140 valence electrons. The Morgan fingerprint density at radius 2 is 1.88 bits per heavy atom. The fraction of sp³-hybridized carbons (Fsp3) is 0.556. The van der Waals surface area contributed by atoms with Crippen LogP contribution < -0.4 is 5.32 Å². The topological polar surface area (TPSA) is 67.9 Å². The van der Waals surface area contributed by atoms with E-state index in [2.05, 4.69) is 5.32 Å². The number of rotatable bonds is 6. The van der Waals surface area contributed by atoms with Gasteiger partial charge in [0.2, 0.25) is 0 Å². The molecule has 0 aliphatic rings. The predicted molar refractivity (Wildman–Crippen MR) is 97.7 cm³/mol. The van der Waals surface area contributed by atoms with Crippen LogP contribution in [0.25, 0.3) is 0 Å². The number of hydrogen-bond acceptors (Lipinski definition) is 5. The van der Waals surface area contributed by atoms with E-state index in [0.717, 1.165) is 5.56 Å². The van der Waals surface area contributed by atoms with E-state index in [1.807, 2.05) is 30.0 Å². The third kappa shape index (κ3) is 6.55. The minimum atomic E-state index is -0.677. The summed E-state index contributed by atoms with van der Waals surface area (Å²) in [5.41, 5.74) is 0.277. The minimum absolute atomic E-state index is 0.0624. The largest absolute Gasteiger partial charge is 0.468 e. The molecule has 2 unspecified atom stereocenters. The van der Waals surface area contributed by atoms with E-state index < -0.39 is 23.7 Å². The molecule has 1 aromatic rings. The SMILES string of the molecule is COC(=O)C(CNC(=O)OC(C)(C)C)N(C)C(C)c1ccccc1Cl. The van der Waals surface area contributed by atoms with E-state index in [0.29, 0.717) is 5.02 Å². The number of halogens is 1. The van der Waals surface area contributed by atoms with Crippen LogP contribution >= 0.6 is 11.6 Å². The molecule has 1 rings (SSSR count). The Balaban J connectivity index is 2.86. The van der Waals surface area contributed by atoms with Crippen molar-refractivity contribution in [1.29, 1.82) is 0 Å². The number of hydrogen-bond donors (Lipinski definition) is 1. The molecule has 0 fully saturated rings. The van der Waals surface area contributed by atoms with Gasteiger partial charge in [-0.2, -0.15) is 0 Å². The highest BCUT2D eigenvalue weighted by molar-refractivity contribution is 6.31. The molecular formula is C18H27ClN2O4. The van der Waals surface area contributed by atoms with Crippen LogP contribution in [0.15, 0.2) is 24.3 Å². The van der Waals surface area contributed by atoms with Gasteiger partial charge < -0.3 is 14.8 Å². The highest BCUT2D eigenvalue weighted by Crippen LogP contribution is 2.27. The second-order valence-electron chi connectivity index (χ2n) is 6.78. The van der Waals surface area contributed by atoms with E-state index >= 15 is 0 Å². The molecule has 0 aliphatic carbocycles. The van der Waals surface area contributed by atoms with Crippen molar-refractivity contribution in [3.8, 4) is 0 Å². The van der Waals surface area contributed by atoms with Crippen molar-refractivity contribution in [3.63, 3.8) is 0 Å². The number of nitrogens with one attached hydrogen (secondary N) is 1. The Kier molecular flexibility index (Phi) is 7.70. The van der Waals surface area contributed by atoms with Gasteiger partial charge in [-0.15, -0.1) is 0 Å². The van der Waals surface area contributed by atoms with Gasteiger partial charge >= 0.3 is 12.1 Å². The van der Waals surface area contributed by atoms with Crippen LogP contribution in [0.3, 0.4) is 0 Å². The van der Waals surface area contributed by atoms with E-state index in [1.165, 1.54) is 7.11 Å². The minimum Gasteiger partial charge on any atom is -0.468 e. The molecule has 1 aromatic carbocycles. The summed E-state index contributed by atoms with van der Waals surface area (Å²) in [5, 5.41) is 3.24. The van der Waals surface area contributed by atoms with Gasteiger partial charge in [0, 0.05) is 17.6 Å². The molecule has 0 saturated carbocycles. The lowest BCUT2D eigenvalue weighted by Gasteiger charge is -2.32. The van der Waals surface area contributed by atoms with Gasteiger partial charge in [0.05, 0.1) is 7.11 Å². The number of benzene rings is 1. The smallest absolute Gasteiger partial charge is 0.407 e. The maximum absolute atomic E-state index is 12.2. The molecule has 0 heterocycles. The maximum Gasteiger partial charge on any atom is 0.407 e. The van der Waals surface area contributed by atoms with Crippen molar-refractivity contribution >= 4 is 23.7 Å². The van der Waals surface area contributed by atoms with E-state index in [4.69, 9.17) is 21.1 Å². The number of alkyl carbamates (subject to hydrolysis) is 1. The number of carbonyl (C=O) groups is 2. The lowest BCUT2D eigenvalue weighted by Crippen LogP contribution is -2.49. The summed E-state index contributed by atoms with van der Waals surface area (Å²) in [7, 11) is 3.10. The van der Waals surface area contributed by atoms with Crippen molar-refractivity contribution in [2.45, 2.75) is 45.4 Å². The van der Waals surface area contributed by atoms with E-state index in [1.54, 1.807) is 33.9 Å². The molecule has 0 aliphatic heterocycles. The first-order chi connectivity index (χ1) is 11.6. The number of nitrogens with zero attached hydrogens (tertiary/aromatic N) is 1. The van der Waals surface area contributed by atoms with Gasteiger partial charge in [-0.3, -0.25) is 9.69 Å². The number of amides is 1. The van der Waals surface area contributed by atoms with Gasteiger partial charge in [0.15, 0.2) is 0 Å². The molecule has 1 amide bonds. The molecule has 0 radical (unpaired) electrons. The third-order valence-corrected chi connectivity index (χ3v) is 4.11. The van der Waals surface area contributed by atoms with Crippen LogP contribution in [-0.2, 0) is 14.3 Å². The first-order valence-corrected chi connectivity index (χ1v) is 8.45. The maximum atomic E-state index is 12.2. The average molecular weight is 371 g/mol. The Morgan fingerprint density at radius 3 is 2.40 bits per heavy atom. The zero-order chi connectivity index (χ0) is 19.2. The summed E-state index contributed by atoms with van der Waals surface area (Å²) in [6.07, 6.45) is -0.583. The Hall–Kier alpha value is -1.79. The van der Waals surface area contributed by atoms with Gasteiger partial charge in [-0.25, -0.2) is 4.79 Å². The molecule has 1 N–H and O–H groups in total. The summed E-state index contributed by atoms with van der Waals surface area (Å²) in [5.74, 6) is -0.447. The molecule has 2 atom stereocenters. The van der Waals surface area contributed by atoms with Gasteiger partial charge in [-0.05, 0) is 46.4 Å². The Morgan fingerprint density at radius 1 is 1.28 bits per heavy atom. The predicted octanol–water partition coefficient (Wildman–Crippen LogP) is 3.40. The first kappa shape index (κ1) is 21.3. The lowest BCUT2D eigenvalue weighted by atomic mass is 10.1. The molecule has 6 nitrogen and oxygen atoms in total. The van der Waals surface area contributed by atoms with Gasteiger partial charge in [0.25, 0.3) is 0 Å². The van der Waals surface area contributed by atoms with Crippen LogP contribution in [0.1, 0.15) is 39.3 Å². The zero-order valence-corrected chi connectivity index (χ0v) is 16.4. The van der Waals surface area contributed by atoms with E-state index in [9.17, 15) is 9.59 Å². The van der Waals surface area contributed by atoms with Crippen molar-refractivity contribution < 1.29 is 19.1 Å². The van der Waals surface area contributed by atoms with Crippen LogP contribution in [0, 0.1) is 0 Å². The van der Waals surface area contributed by atoms with Crippen LogP contribution in [0.4, 0.5) is 4.79 Å². The van der Waals surface area contributed by atoms with Crippen molar-refractivity contribution in [3.05, 3.63) is 34.9 Å². The van der Waals surface area contributed by atoms with Gasteiger partial charge in [0.1, 0.15) is 11.6 Å². The highest BCUT2D eigenvalue weighted by Gasteiger charge is 2.30. The van der Waals surface area contributed by atoms with Crippen molar-refractivity contribution in [2.24, 2.45) is 0 Å². The fourth-order valence-corrected chi connectivity index (χ4v) is 2.62. The number of esters is 1. The summed E-state index contributed by atoms with van der Waals surface area (Å²) >= 11 is 6.25. The normalized spacial score (nSPS) is 13.9. The Labute approximate surface area is 154 Å². The molecule has 0 bridgehead atoms. The summed E-state index contributed by atoms with van der Waals surface area (Å²) in [4.78, 5) is 25.9. The first-order valence-electron chi connectivity index (χ1n) is 8.08. The Bertz CT molecular complexity index is 601. The quantitative estimate of drug-likeness (QED) is 0.777. The third-order valence-electron chi connectivity index (χ3n) is 3.77. The zero-order valence-electron chi connectivity index (χ0n) is 15.6. The van der Waals surface area contributed by atoms with E-state index in [-0.39, 0.29) is 12.6 Å². The van der Waals surface area contributed by atoms with Gasteiger partial charge in [-0.1, -0.05) is 29.8 Å².